The van der Waals surface area contributed by atoms with E-state index in [9.17, 15) is 4.79 Å². The van der Waals surface area contributed by atoms with Crippen molar-refractivity contribution < 1.29 is 9.53 Å². The zero-order valence-electron chi connectivity index (χ0n) is 14.2. The summed E-state index contributed by atoms with van der Waals surface area (Å²) in [6.45, 7) is 1.39. The number of pyridine rings is 1. The average molecular weight is 371 g/mol. The standard InChI is InChI=1S/C19H19ClN4O2/c20-15-5-1-2-6-16(15)26-13-18(25)23-11-8-14(9-12-23)19-22-21-17-7-3-4-10-24(17)19/h1-7,10,14H,8-9,11-13H2. The lowest BCUT2D eigenvalue weighted by Crippen LogP contribution is -2.40. The Labute approximate surface area is 156 Å². The molecule has 0 bridgehead atoms. The van der Waals surface area contributed by atoms with Crippen LogP contribution in [0, 0.1) is 0 Å². The van der Waals surface area contributed by atoms with Crippen LogP contribution in [0.3, 0.4) is 0 Å². The molecule has 0 unspecified atom stereocenters. The summed E-state index contributed by atoms with van der Waals surface area (Å²) in [5.41, 5.74) is 0.856. The number of fused-ring (bicyclic) bond motifs is 1. The van der Waals surface area contributed by atoms with Crippen molar-refractivity contribution in [1.82, 2.24) is 19.5 Å². The summed E-state index contributed by atoms with van der Waals surface area (Å²) in [6.07, 6.45) is 3.72. The maximum Gasteiger partial charge on any atom is 0.260 e. The summed E-state index contributed by atoms with van der Waals surface area (Å²) in [5.74, 6) is 1.79. The molecule has 0 saturated carbocycles. The Morgan fingerprint density at radius 2 is 1.88 bits per heavy atom. The molecule has 3 aromatic rings. The molecule has 1 aliphatic rings. The number of para-hydroxylation sites is 1. The van der Waals surface area contributed by atoms with Crippen LogP contribution in [0.25, 0.3) is 5.65 Å². The number of halogens is 1. The molecule has 6 nitrogen and oxygen atoms in total. The molecule has 1 aromatic carbocycles. The largest absolute Gasteiger partial charge is 0.482 e. The number of carbonyl (C=O) groups excluding carboxylic acids is 1. The van der Waals surface area contributed by atoms with Gasteiger partial charge >= 0.3 is 0 Å². The van der Waals surface area contributed by atoms with E-state index in [1.165, 1.54) is 0 Å². The van der Waals surface area contributed by atoms with Gasteiger partial charge in [-0.1, -0.05) is 29.8 Å². The van der Waals surface area contributed by atoms with Gasteiger partial charge in [0.15, 0.2) is 12.3 Å². The van der Waals surface area contributed by atoms with E-state index in [1.807, 2.05) is 45.8 Å². The van der Waals surface area contributed by atoms with Crippen LogP contribution < -0.4 is 4.74 Å². The number of amides is 1. The number of hydrogen-bond acceptors (Lipinski definition) is 4. The molecule has 0 radical (unpaired) electrons. The van der Waals surface area contributed by atoms with Crippen molar-refractivity contribution in [3.63, 3.8) is 0 Å². The van der Waals surface area contributed by atoms with Gasteiger partial charge in [0.1, 0.15) is 11.6 Å². The van der Waals surface area contributed by atoms with E-state index < -0.39 is 0 Å². The normalized spacial score (nSPS) is 15.3. The highest BCUT2D eigenvalue weighted by molar-refractivity contribution is 6.32. The maximum absolute atomic E-state index is 12.4. The topological polar surface area (TPSA) is 59.7 Å². The second kappa shape index (κ2) is 7.33. The highest BCUT2D eigenvalue weighted by Crippen LogP contribution is 2.27. The average Bonchev–Trinajstić information content (AvgIpc) is 3.11. The molecule has 3 heterocycles. The van der Waals surface area contributed by atoms with Gasteiger partial charge in [0.05, 0.1) is 5.02 Å². The second-order valence-corrected chi connectivity index (χ2v) is 6.77. The van der Waals surface area contributed by atoms with Gasteiger partial charge in [-0.05, 0) is 37.1 Å². The van der Waals surface area contributed by atoms with E-state index in [0.29, 0.717) is 29.8 Å². The van der Waals surface area contributed by atoms with Crippen LogP contribution in [-0.2, 0) is 4.79 Å². The Kier molecular flexibility index (Phi) is 4.75. The zero-order valence-corrected chi connectivity index (χ0v) is 15.0. The summed E-state index contributed by atoms with van der Waals surface area (Å²) >= 11 is 6.05. The third kappa shape index (κ3) is 3.37. The van der Waals surface area contributed by atoms with Crippen molar-refractivity contribution in [1.29, 1.82) is 0 Å². The molecular weight excluding hydrogens is 352 g/mol. The number of ether oxygens (including phenoxy) is 1. The maximum atomic E-state index is 12.4. The molecule has 7 heteroatoms. The molecule has 26 heavy (non-hydrogen) atoms. The van der Waals surface area contributed by atoms with Crippen LogP contribution in [0.5, 0.6) is 5.75 Å². The first-order chi connectivity index (χ1) is 12.7. The number of likely N-dealkylation sites (tertiary alicyclic amines) is 1. The van der Waals surface area contributed by atoms with Gasteiger partial charge in [-0.2, -0.15) is 0 Å². The molecule has 0 aliphatic carbocycles. The quantitative estimate of drug-likeness (QED) is 0.707. The lowest BCUT2D eigenvalue weighted by atomic mass is 9.96. The van der Waals surface area contributed by atoms with Gasteiger partial charge in [-0.25, -0.2) is 0 Å². The van der Waals surface area contributed by atoms with Crippen LogP contribution in [0.2, 0.25) is 5.02 Å². The number of aromatic nitrogens is 3. The Morgan fingerprint density at radius 1 is 1.12 bits per heavy atom. The number of nitrogens with zero attached hydrogens (tertiary/aromatic N) is 4. The molecule has 1 amide bonds. The molecule has 2 aromatic heterocycles. The van der Waals surface area contributed by atoms with Gasteiger partial charge in [0, 0.05) is 25.2 Å². The lowest BCUT2D eigenvalue weighted by Gasteiger charge is -2.31. The first-order valence-electron chi connectivity index (χ1n) is 8.67. The summed E-state index contributed by atoms with van der Waals surface area (Å²) < 4.78 is 7.59. The molecule has 4 rings (SSSR count). The number of benzene rings is 1. The molecule has 1 aliphatic heterocycles. The minimum absolute atomic E-state index is 0.00225. The van der Waals surface area contributed by atoms with Crippen LogP contribution in [0.4, 0.5) is 0 Å². The van der Waals surface area contributed by atoms with E-state index in [-0.39, 0.29) is 12.5 Å². The van der Waals surface area contributed by atoms with Gasteiger partial charge in [0.2, 0.25) is 0 Å². The SMILES string of the molecule is O=C(COc1ccccc1Cl)N1CCC(c2nnc3ccccn23)CC1. The van der Waals surface area contributed by atoms with E-state index in [4.69, 9.17) is 16.3 Å². The van der Waals surface area contributed by atoms with Gasteiger partial charge in [-0.3, -0.25) is 9.20 Å². The van der Waals surface area contributed by atoms with Crippen LogP contribution >= 0.6 is 11.6 Å². The predicted octanol–water partition coefficient (Wildman–Crippen LogP) is 3.17. The number of hydrogen-bond donors (Lipinski definition) is 0. The predicted molar refractivity (Wildman–Crippen MR) is 98.5 cm³/mol. The van der Waals surface area contributed by atoms with E-state index in [1.54, 1.807) is 12.1 Å². The summed E-state index contributed by atoms with van der Waals surface area (Å²) in [6, 6.07) is 13.0. The Morgan fingerprint density at radius 3 is 2.69 bits per heavy atom. The van der Waals surface area contributed by atoms with Crippen LogP contribution in [0.15, 0.2) is 48.7 Å². The molecular formula is C19H19ClN4O2. The minimum Gasteiger partial charge on any atom is -0.482 e. The molecule has 0 N–H and O–H groups in total. The van der Waals surface area contributed by atoms with E-state index in [2.05, 4.69) is 10.2 Å². The Balaban J connectivity index is 1.34. The van der Waals surface area contributed by atoms with Crippen molar-refractivity contribution in [3.8, 4) is 5.75 Å². The Bertz CT molecular complexity index is 919. The Hall–Kier alpha value is -2.60. The van der Waals surface area contributed by atoms with Crippen molar-refractivity contribution in [3.05, 3.63) is 59.5 Å². The highest BCUT2D eigenvalue weighted by Gasteiger charge is 2.27. The molecule has 0 atom stereocenters. The highest BCUT2D eigenvalue weighted by atomic mass is 35.5. The zero-order chi connectivity index (χ0) is 17.9. The molecule has 1 saturated heterocycles. The molecule has 134 valence electrons. The summed E-state index contributed by atoms with van der Waals surface area (Å²) in [7, 11) is 0. The van der Waals surface area contributed by atoms with Crippen molar-refractivity contribution in [2.75, 3.05) is 19.7 Å². The third-order valence-corrected chi connectivity index (χ3v) is 5.05. The second-order valence-electron chi connectivity index (χ2n) is 6.36. The number of rotatable bonds is 4. The number of piperidine rings is 1. The first kappa shape index (κ1) is 16.8. The third-order valence-electron chi connectivity index (χ3n) is 4.74. The summed E-state index contributed by atoms with van der Waals surface area (Å²) in [5, 5.41) is 9.08. The smallest absolute Gasteiger partial charge is 0.260 e. The number of carbonyl (C=O) groups is 1. The fourth-order valence-electron chi connectivity index (χ4n) is 3.32. The minimum atomic E-state index is -0.0190. The first-order valence-corrected chi connectivity index (χ1v) is 9.05. The molecule has 1 fully saturated rings. The van der Waals surface area contributed by atoms with Crippen molar-refractivity contribution in [2.45, 2.75) is 18.8 Å². The van der Waals surface area contributed by atoms with Gasteiger partial charge in [0.25, 0.3) is 5.91 Å². The monoisotopic (exact) mass is 370 g/mol. The summed E-state index contributed by atoms with van der Waals surface area (Å²) in [4.78, 5) is 14.3. The fraction of sp³-hybridized carbons (Fsp3) is 0.316. The van der Waals surface area contributed by atoms with E-state index >= 15 is 0 Å². The van der Waals surface area contributed by atoms with Gasteiger partial charge in [-0.15, -0.1) is 10.2 Å². The lowest BCUT2D eigenvalue weighted by molar-refractivity contribution is -0.134. The van der Waals surface area contributed by atoms with E-state index in [0.717, 1.165) is 24.3 Å². The molecule has 0 spiro atoms. The fourth-order valence-corrected chi connectivity index (χ4v) is 3.51. The van der Waals surface area contributed by atoms with Crippen LogP contribution in [0.1, 0.15) is 24.6 Å². The van der Waals surface area contributed by atoms with Crippen molar-refractivity contribution >= 4 is 23.2 Å². The van der Waals surface area contributed by atoms with Crippen molar-refractivity contribution in [2.24, 2.45) is 0 Å². The van der Waals surface area contributed by atoms with Crippen LogP contribution in [-0.4, -0.2) is 45.1 Å². The van der Waals surface area contributed by atoms with Gasteiger partial charge < -0.3 is 9.64 Å².